The largest absolute Gasteiger partial charge is 0.494 e. The molecule has 0 heterocycles. The average molecular weight is 226 g/mol. The van der Waals surface area contributed by atoms with E-state index in [4.69, 9.17) is 16.2 Å². The Morgan fingerprint density at radius 2 is 2.25 bits per heavy atom. The molecule has 0 fully saturated rings. The van der Waals surface area contributed by atoms with Gasteiger partial charge in [-0.15, -0.1) is 0 Å². The number of primary amides is 1. The van der Waals surface area contributed by atoms with E-state index in [0.717, 1.165) is 0 Å². The van der Waals surface area contributed by atoms with Crippen LogP contribution in [0.25, 0.3) is 0 Å². The smallest absolute Gasteiger partial charge is 0.234 e. The molecule has 0 aliphatic carbocycles. The summed E-state index contributed by atoms with van der Waals surface area (Å²) >= 11 is 0. The Bertz CT molecular complexity index is 382. The first kappa shape index (κ1) is 12.4. The first-order valence-corrected chi connectivity index (χ1v) is 4.94. The van der Waals surface area contributed by atoms with Gasteiger partial charge in [-0.2, -0.15) is 0 Å². The van der Waals surface area contributed by atoms with E-state index in [0.29, 0.717) is 17.7 Å². The Hall–Kier alpha value is -1.62. The maximum Gasteiger partial charge on any atom is 0.234 e. The highest BCUT2D eigenvalue weighted by atomic mass is 19.1. The number of halogens is 1. The first-order chi connectivity index (χ1) is 7.50. The van der Waals surface area contributed by atoms with Crippen LogP contribution in [-0.4, -0.2) is 18.6 Å². The summed E-state index contributed by atoms with van der Waals surface area (Å²) in [7, 11) is 0. The Morgan fingerprint density at radius 1 is 1.56 bits per heavy atom. The molecule has 1 amide bonds. The van der Waals surface area contributed by atoms with Crippen LogP contribution in [0.1, 0.15) is 12.0 Å². The fourth-order valence-electron chi connectivity index (χ4n) is 1.15. The summed E-state index contributed by atoms with van der Waals surface area (Å²) in [4.78, 5) is 10.6. The summed E-state index contributed by atoms with van der Waals surface area (Å²) in [6.07, 6.45) is 0.339. The highest BCUT2D eigenvalue weighted by Gasteiger charge is 2.08. The number of rotatable bonds is 5. The van der Waals surface area contributed by atoms with E-state index in [2.05, 4.69) is 0 Å². The third-order valence-electron chi connectivity index (χ3n) is 2.19. The molecule has 0 radical (unpaired) electrons. The fraction of sp³-hybridized carbons (Fsp3) is 0.364. The van der Waals surface area contributed by atoms with Crippen molar-refractivity contribution >= 4 is 5.91 Å². The van der Waals surface area contributed by atoms with Crippen LogP contribution >= 0.6 is 0 Å². The molecule has 1 rings (SSSR count). The SMILES string of the molecule is Cc1cc(OCCC(N)C(N)=O)ccc1F. The molecule has 4 nitrogen and oxygen atoms in total. The predicted octanol–water partition coefficient (Wildman–Crippen LogP) is 0.716. The summed E-state index contributed by atoms with van der Waals surface area (Å²) in [6, 6.07) is 3.74. The van der Waals surface area contributed by atoms with Crippen molar-refractivity contribution < 1.29 is 13.9 Å². The lowest BCUT2D eigenvalue weighted by molar-refractivity contribution is -0.119. The Kier molecular flexibility index (Phi) is 4.25. The van der Waals surface area contributed by atoms with Gasteiger partial charge in [-0.25, -0.2) is 4.39 Å². The minimum absolute atomic E-state index is 0.273. The molecule has 1 unspecified atom stereocenters. The molecule has 1 atom stereocenters. The average Bonchev–Trinajstić information content (AvgIpc) is 2.23. The second-order valence-electron chi connectivity index (χ2n) is 3.56. The van der Waals surface area contributed by atoms with Gasteiger partial charge in [0.2, 0.25) is 5.91 Å². The van der Waals surface area contributed by atoms with Crippen molar-refractivity contribution in [2.24, 2.45) is 11.5 Å². The molecule has 5 heteroatoms. The zero-order valence-corrected chi connectivity index (χ0v) is 9.07. The molecule has 0 saturated heterocycles. The molecule has 1 aromatic rings. The number of hydrogen-bond acceptors (Lipinski definition) is 3. The van der Waals surface area contributed by atoms with E-state index in [9.17, 15) is 9.18 Å². The van der Waals surface area contributed by atoms with Gasteiger partial charge in [-0.3, -0.25) is 4.79 Å². The van der Waals surface area contributed by atoms with E-state index in [1.807, 2.05) is 0 Å². The molecular weight excluding hydrogens is 211 g/mol. The van der Waals surface area contributed by atoms with Crippen molar-refractivity contribution in [2.45, 2.75) is 19.4 Å². The van der Waals surface area contributed by atoms with E-state index in [-0.39, 0.29) is 12.4 Å². The summed E-state index contributed by atoms with van der Waals surface area (Å²) < 4.78 is 18.2. The predicted molar refractivity (Wildman–Crippen MR) is 58.4 cm³/mol. The van der Waals surface area contributed by atoms with Gasteiger partial charge in [-0.1, -0.05) is 0 Å². The van der Waals surface area contributed by atoms with Gasteiger partial charge < -0.3 is 16.2 Å². The molecule has 0 aliphatic heterocycles. The van der Waals surface area contributed by atoms with E-state index in [1.54, 1.807) is 13.0 Å². The molecule has 1 aromatic carbocycles. The summed E-state index contributed by atoms with van der Waals surface area (Å²) in [5.74, 6) is -0.282. The molecule has 0 aliphatic rings. The molecule has 0 aromatic heterocycles. The standard InChI is InChI=1S/C11H15FN2O2/c1-7-6-8(2-3-9(7)12)16-5-4-10(13)11(14)15/h2-3,6,10H,4-5,13H2,1H3,(H2,14,15). The maximum atomic E-state index is 12.9. The summed E-state index contributed by atoms with van der Waals surface area (Å²) in [6.45, 7) is 1.92. The third kappa shape index (κ3) is 3.51. The molecule has 0 bridgehead atoms. The molecule has 0 spiro atoms. The lowest BCUT2D eigenvalue weighted by atomic mass is 10.2. The second kappa shape index (κ2) is 5.46. The lowest BCUT2D eigenvalue weighted by Crippen LogP contribution is -2.37. The third-order valence-corrected chi connectivity index (χ3v) is 2.19. The van der Waals surface area contributed by atoms with Crippen LogP contribution in [0, 0.1) is 12.7 Å². The number of ether oxygens (including phenoxy) is 1. The fourth-order valence-corrected chi connectivity index (χ4v) is 1.15. The Balaban J connectivity index is 2.43. The lowest BCUT2D eigenvalue weighted by Gasteiger charge is -2.09. The van der Waals surface area contributed by atoms with Crippen molar-refractivity contribution in [1.82, 2.24) is 0 Å². The molecule has 16 heavy (non-hydrogen) atoms. The Morgan fingerprint density at radius 3 is 2.81 bits per heavy atom. The van der Waals surface area contributed by atoms with Crippen LogP contribution in [0.4, 0.5) is 4.39 Å². The van der Waals surface area contributed by atoms with Crippen LogP contribution in [0.5, 0.6) is 5.75 Å². The van der Waals surface area contributed by atoms with Gasteiger partial charge in [0.1, 0.15) is 11.6 Å². The van der Waals surface area contributed by atoms with Crippen molar-refractivity contribution in [2.75, 3.05) is 6.61 Å². The Labute approximate surface area is 93.4 Å². The van der Waals surface area contributed by atoms with Gasteiger partial charge in [0.25, 0.3) is 0 Å². The number of nitrogens with two attached hydrogens (primary N) is 2. The van der Waals surface area contributed by atoms with Gasteiger partial charge in [-0.05, 0) is 30.7 Å². The number of carbonyl (C=O) groups excluding carboxylic acids is 1. The van der Waals surface area contributed by atoms with Gasteiger partial charge in [0, 0.05) is 6.42 Å². The number of amides is 1. The van der Waals surface area contributed by atoms with Crippen molar-refractivity contribution in [1.29, 1.82) is 0 Å². The van der Waals surface area contributed by atoms with Crippen molar-refractivity contribution in [3.8, 4) is 5.75 Å². The highest BCUT2D eigenvalue weighted by Crippen LogP contribution is 2.16. The van der Waals surface area contributed by atoms with Crippen LogP contribution in [0.2, 0.25) is 0 Å². The minimum atomic E-state index is -0.707. The van der Waals surface area contributed by atoms with Crippen LogP contribution in [-0.2, 0) is 4.79 Å². The van der Waals surface area contributed by atoms with Crippen LogP contribution in [0.3, 0.4) is 0 Å². The molecule has 4 N–H and O–H groups in total. The second-order valence-corrected chi connectivity index (χ2v) is 3.56. The maximum absolute atomic E-state index is 12.9. The first-order valence-electron chi connectivity index (χ1n) is 4.94. The highest BCUT2D eigenvalue weighted by molar-refractivity contribution is 5.79. The number of carbonyl (C=O) groups is 1. The van der Waals surface area contributed by atoms with Crippen molar-refractivity contribution in [3.63, 3.8) is 0 Å². The van der Waals surface area contributed by atoms with E-state index in [1.165, 1.54) is 12.1 Å². The monoisotopic (exact) mass is 226 g/mol. The summed E-state index contributed by atoms with van der Waals surface area (Å²) in [5, 5.41) is 0. The quantitative estimate of drug-likeness (QED) is 0.776. The number of hydrogen-bond donors (Lipinski definition) is 2. The topological polar surface area (TPSA) is 78.3 Å². The minimum Gasteiger partial charge on any atom is -0.494 e. The van der Waals surface area contributed by atoms with Crippen LogP contribution in [0.15, 0.2) is 18.2 Å². The van der Waals surface area contributed by atoms with Gasteiger partial charge in [0.15, 0.2) is 0 Å². The van der Waals surface area contributed by atoms with Gasteiger partial charge in [0.05, 0.1) is 12.6 Å². The summed E-state index contributed by atoms with van der Waals surface area (Å²) in [5.41, 5.74) is 10.9. The number of aryl methyl sites for hydroxylation is 1. The van der Waals surface area contributed by atoms with E-state index < -0.39 is 11.9 Å². The molecular formula is C11H15FN2O2. The zero-order chi connectivity index (χ0) is 12.1. The van der Waals surface area contributed by atoms with E-state index >= 15 is 0 Å². The molecule has 88 valence electrons. The zero-order valence-electron chi connectivity index (χ0n) is 9.07. The van der Waals surface area contributed by atoms with Crippen LogP contribution < -0.4 is 16.2 Å². The number of benzene rings is 1. The van der Waals surface area contributed by atoms with Crippen molar-refractivity contribution in [3.05, 3.63) is 29.6 Å². The molecule has 0 saturated carbocycles. The van der Waals surface area contributed by atoms with Gasteiger partial charge >= 0.3 is 0 Å². The normalized spacial score (nSPS) is 12.2.